The number of nitrogens with zero attached hydrogens (tertiary/aromatic N) is 1. The number of hydrogen-bond acceptors (Lipinski definition) is 4. The molecule has 6 heteroatoms. The topological polar surface area (TPSA) is 79.0 Å². The molecule has 2 atom stereocenters. The molecule has 94 valence electrons. The molecule has 1 saturated heterocycles. The maximum Gasteiger partial charge on any atom is 0.227 e. The van der Waals surface area contributed by atoms with Crippen LogP contribution in [0.3, 0.4) is 0 Å². The lowest BCUT2D eigenvalue weighted by Gasteiger charge is -2.16. The number of rotatable bonds is 5. The molecule has 1 aliphatic heterocycles. The van der Waals surface area contributed by atoms with Crippen LogP contribution in [0.25, 0.3) is 0 Å². The Morgan fingerprint density at radius 1 is 1.65 bits per heavy atom. The lowest BCUT2D eigenvalue weighted by atomic mass is 10.0. The van der Waals surface area contributed by atoms with Crippen molar-refractivity contribution >= 4 is 5.91 Å². The first-order valence-corrected chi connectivity index (χ1v) is 5.81. The fourth-order valence-electron chi connectivity index (χ4n) is 1.97. The molecular formula is C11H18N4O2. The van der Waals surface area contributed by atoms with Crippen LogP contribution >= 0.6 is 0 Å². The van der Waals surface area contributed by atoms with Gasteiger partial charge in [0, 0.05) is 30.9 Å². The summed E-state index contributed by atoms with van der Waals surface area (Å²) >= 11 is 0. The van der Waals surface area contributed by atoms with Gasteiger partial charge in [0.15, 0.2) is 0 Å². The third kappa shape index (κ3) is 3.04. The number of likely N-dealkylation sites (N-methyl/N-ethyl adjacent to an activating group) is 1. The van der Waals surface area contributed by atoms with Gasteiger partial charge >= 0.3 is 0 Å². The lowest BCUT2D eigenvalue weighted by Crippen LogP contribution is -2.43. The molecule has 1 fully saturated rings. The first-order valence-electron chi connectivity index (χ1n) is 5.81. The molecule has 0 spiro atoms. The summed E-state index contributed by atoms with van der Waals surface area (Å²) < 4.78 is 5.29. The van der Waals surface area contributed by atoms with Gasteiger partial charge in [-0.1, -0.05) is 0 Å². The Hall–Kier alpha value is -1.40. The van der Waals surface area contributed by atoms with Crippen LogP contribution in [0.4, 0.5) is 0 Å². The molecule has 1 amide bonds. The van der Waals surface area contributed by atoms with Crippen LogP contribution in [0, 0.1) is 5.92 Å². The van der Waals surface area contributed by atoms with E-state index < -0.39 is 0 Å². The number of amides is 1. The van der Waals surface area contributed by atoms with Crippen molar-refractivity contribution in [2.75, 3.05) is 26.8 Å². The molecule has 1 aliphatic rings. The van der Waals surface area contributed by atoms with Crippen molar-refractivity contribution in [2.24, 2.45) is 5.92 Å². The summed E-state index contributed by atoms with van der Waals surface area (Å²) in [5.41, 5.74) is 1.03. The summed E-state index contributed by atoms with van der Waals surface area (Å²) in [6.07, 6.45) is 4.17. The molecular weight excluding hydrogens is 220 g/mol. The van der Waals surface area contributed by atoms with E-state index in [0.717, 1.165) is 12.1 Å². The number of nitrogens with one attached hydrogen (secondary N) is 3. The number of carbonyl (C=O) groups excluding carboxylic acids is 1. The fraction of sp³-hybridized carbons (Fsp3) is 0.636. The molecule has 2 rings (SSSR count). The van der Waals surface area contributed by atoms with E-state index in [1.165, 1.54) is 0 Å². The smallest absolute Gasteiger partial charge is 0.227 e. The van der Waals surface area contributed by atoms with E-state index in [2.05, 4.69) is 20.6 Å². The number of aromatic nitrogens is 2. The highest BCUT2D eigenvalue weighted by molar-refractivity contribution is 5.79. The van der Waals surface area contributed by atoms with Gasteiger partial charge in [0.05, 0.1) is 25.5 Å². The maximum atomic E-state index is 11.9. The Bertz CT molecular complexity index is 352. The molecule has 0 aromatic carbocycles. The quantitative estimate of drug-likeness (QED) is 0.634. The Morgan fingerprint density at radius 3 is 3.24 bits per heavy atom. The van der Waals surface area contributed by atoms with Crippen molar-refractivity contribution in [1.82, 2.24) is 20.6 Å². The molecule has 1 aromatic heterocycles. The Labute approximate surface area is 100 Å². The number of imidazole rings is 1. The summed E-state index contributed by atoms with van der Waals surface area (Å²) in [5, 5.41) is 6.02. The van der Waals surface area contributed by atoms with Crippen molar-refractivity contribution in [2.45, 2.75) is 12.5 Å². The van der Waals surface area contributed by atoms with Gasteiger partial charge in [-0.3, -0.25) is 4.79 Å². The van der Waals surface area contributed by atoms with Gasteiger partial charge in [-0.25, -0.2) is 4.98 Å². The molecule has 0 bridgehead atoms. The van der Waals surface area contributed by atoms with Gasteiger partial charge in [-0.05, 0) is 7.05 Å². The van der Waals surface area contributed by atoms with Gasteiger partial charge in [-0.15, -0.1) is 0 Å². The SMILES string of the molecule is CNC1COCC1C(=O)NCCc1cnc[nH]1. The molecule has 17 heavy (non-hydrogen) atoms. The van der Waals surface area contributed by atoms with E-state index in [-0.39, 0.29) is 17.9 Å². The van der Waals surface area contributed by atoms with Gasteiger partial charge in [-0.2, -0.15) is 0 Å². The second kappa shape index (κ2) is 5.79. The highest BCUT2D eigenvalue weighted by atomic mass is 16.5. The van der Waals surface area contributed by atoms with Crippen LogP contribution in [-0.4, -0.2) is 48.7 Å². The summed E-state index contributed by atoms with van der Waals surface area (Å²) in [6.45, 7) is 1.73. The van der Waals surface area contributed by atoms with Gasteiger partial charge < -0.3 is 20.4 Å². The van der Waals surface area contributed by atoms with Crippen molar-refractivity contribution in [3.63, 3.8) is 0 Å². The molecule has 2 unspecified atom stereocenters. The van der Waals surface area contributed by atoms with Crippen molar-refractivity contribution < 1.29 is 9.53 Å². The van der Waals surface area contributed by atoms with E-state index in [1.54, 1.807) is 12.5 Å². The zero-order valence-corrected chi connectivity index (χ0v) is 9.90. The monoisotopic (exact) mass is 238 g/mol. The molecule has 2 heterocycles. The Kier molecular flexibility index (Phi) is 4.11. The average Bonchev–Trinajstić information content (AvgIpc) is 2.99. The first kappa shape index (κ1) is 12.1. The third-order valence-electron chi connectivity index (χ3n) is 3.04. The van der Waals surface area contributed by atoms with E-state index in [9.17, 15) is 4.79 Å². The zero-order valence-electron chi connectivity index (χ0n) is 9.90. The fourth-order valence-corrected chi connectivity index (χ4v) is 1.97. The normalized spacial score (nSPS) is 23.8. The molecule has 0 aliphatic carbocycles. The van der Waals surface area contributed by atoms with E-state index in [0.29, 0.717) is 19.8 Å². The van der Waals surface area contributed by atoms with Crippen molar-refractivity contribution in [3.8, 4) is 0 Å². The molecule has 6 nitrogen and oxygen atoms in total. The second-order valence-corrected chi connectivity index (χ2v) is 4.16. The number of aromatic amines is 1. The van der Waals surface area contributed by atoms with E-state index in [1.807, 2.05) is 7.05 Å². The number of ether oxygens (including phenoxy) is 1. The van der Waals surface area contributed by atoms with Crippen molar-refractivity contribution in [3.05, 3.63) is 18.2 Å². The van der Waals surface area contributed by atoms with Crippen LogP contribution in [0.5, 0.6) is 0 Å². The summed E-state index contributed by atoms with van der Waals surface area (Å²) in [6, 6.07) is 0.127. The summed E-state index contributed by atoms with van der Waals surface area (Å²) in [7, 11) is 1.85. The highest BCUT2D eigenvalue weighted by Gasteiger charge is 2.32. The van der Waals surface area contributed by atoms with Gasteiger partial charge in [0.25, 0.3) is 0 Å². The van der Waals surface area contributed by atoms with Crippen LogP contribution < -0.4 is 10.6 Å². The lowest BCUT2D eigenvalue weighted by molar-refractivity contribution is -0.125. The summed E-state index contributed by atoms with van der Waals surface area (Å²) in [4.78, 5) is 18.8. The third-order valence-corrected chi connectivity index (χ3v) is 3.04. The Morgan fingerprint density at radius 2 is 2.53 bits per heavy atom. The number of hydrogen-bond donors (Lipinski definition) is 3. The standard InChI is InChI=1S/C11H18N4O2/c1-12-10-6-17-5-9(10)11(16)14-3-2-8-4-13-7-15-8/h4,7,9-10,12H,2-3,5-6H2,1H3,(H,13,15)(H,14,16). The molecule has 1 aromatic rings. The molecule has 0 saturated carbocycles. The van der Waals surface area contributed by atoms with Crippen LogP contribution in [0.1, 0.15) is 5.69 Å². The number of carbonyl (C=O) groups is 1. The van der Waals surface area contributed by atoms with Crippen molar-refractivity contribution in [1.29, 1.82) is 0 Å². The highest BCUT2D eigenvalue weighted by Crippen LogP contribution is 2.13. The minimum absolute atomic E-state index is 0.0568. The minimum atomic E-state index is -0.0817. The molecule has 0 radical (unpaired) electrons. The van der Waals surface area contributed by atoms with E-state index in [4.69, 9.17) is 4.74 Å². The van der Waals surface area contributed by atoms with Crippen LogP contribution in [0.2, 0.25) is 0 Å². The molecule has 3 N–H and O–H groups in total. The van der Waals surface area contributed by atoms with E-state index >= 15 is 0 Å². The van der Waals surface area contributed by atoms with Crippen LogP contribution in [0.15, 0.2) is 12.5 Å². The number of H-pyrrole nitrogens is 1. The van der Waals surface area contributed by atoms with Crippen LogP contribution in [-0.2, 0) is 16.0 Å². The largest absolute Gasteiger partial charge is 0.379 e. The minimum Gasteiger partial charge on any atom is -0.379 e. The van der Waals surface area contributed by atoms with Gasteiger partial charge in [0.1, 0.15) is 0 Å². The first-order chi connectivity index (χ1) is 8.31. The zero-order chi connectivity index (χ0) is 12.1. The Balaban J connectivity index is 1.73. The van der Waals surface area contributed by atoms with Gasteiger partial charge in [0.2, 0.25) is 5.91 Å². The average molecular weight is 238 g/mol. The maximum absolute atomic E-state index is 11.9. The predicted molar refractivity (Wildman–Crippen MR) is 62.5 cm³/mol. The predicted octanol–water partition coefficient (Wildman–Crippen LogP) is -0.697. The summed E-state index contributed by atoms with van der Waals surface area (Å²) in [5.74, 6) is -0.0249. The second-order valence-electron chi connectivity index (χ2n) is 4.16.